The Labute approximate surface area is 199 Å². The van der Waals surface area contributed by atoms with Gasteiger partial charge in [-0.25, -0.2) is 0 Å². The number of aryl methyl sites for hydroxylation is 1. The van der Waals surface area contributed by atoms with Crippen molar-refractivity contribution in [1.29, 1.82) is 0 Å². The Hall–Kier alpha value is -3.32. The van der Waals surface area contributed by atoms with E-state index in [1.54, 1.807) is 0 Å². The summed E-state index contributed by atoms with van der Waals surface area (Å²) in [5.41, 5.74) is 4.05. The number of hydrogen-bond acceptors (Lipinski definition) is 4. The highest BCUT2D eigenvalue weighted by molar-refractivity contribution is 5.98. The number of rotatable bonds is 5. The maximum atomic E-state index is 13.3. The lowest BCUT2D eigenvalue weighted by molar-refractivity contribution is 0.0715. The monoisotopic (exact) mass is 456 g/mol. The molecule has 1 amide bonds. The zero-order valence-electron chi connectivity index (χ0n) is 19.8. The van der Waals surface area contributed by atoms with Gasteiger partial charge in [-0.1, -0.05) is 24.3 Å². The number of anilines is 1. The molecule has 2 aromatic carbocycles. The van der Waals surface area contributed by atoms with Gasteiger partial charge in [0.15, 0.2) is 5.82 Å². The number of amides is 1. The van der Waals surface area contributed by atoms with E-state index in [1.165, 1.54) is 10.9 Å². The number of para-hydroxylation sites is 1. The molecular formula is C27H32N6O. The molecule has 2 aliphatic rings. The smallest absolute Gasteiger partial charge is 0.270 e. The molecule has 2 saturated heterocycles. The molecule has 4 heterocycles. The van der Waals surface area contributed by atoms with Gasteiger partial charge in [0.2, 0.25) is 0 Å². The lowest BCUT2D eigenvalue weighted by Crippen LogP contribution is -2.48. The molecule has 2 aliphatic heterocycles. The second kappa shape index (κ2) is 8.80. The van der Waals surface area contributed by atoms with Crippen LogP contribution in [0.25, 0.3) is 21.8 Å². The van der Waals surface area contributed by atoms with Crippen molar-refractivity contribution in [3.8, 4) is 0 Å². The predicted octanol–water partition coefficient (Wildman–Crippen LogP) is 4.17. The van der Waals surface area contributed by atoms with Crippen LogP contribution in [0, 0.1) is 6.92 Å². The van der Waals surface area contributed by atoms with Gasteiger partial charge in [0, 0.05) is 61.6 Å². The SMILES string of the molecule is Cc1ccc2cc(C(=O)N3CCCC3CCN3CCN(c4n[nH]c5ccccc45)CC3)[nH]c2c1. The number of benzene rings is 2. The van der Waals surface area contributed by atoms with Crippen molar-refractivity contribution >= 4 is 33.5 Å². The van der Waals surface area contributed by atoms with Crippen LogP contribution < -0.4 is 4.90 Å². The van der Waals surface area contributed by atoms with Crippen molar-refractivity contribution in [2.24, 2.45) is 0 Å². The third-order valence-corrected chi connectivity index (χ3v) is 7.55. The zero-order valence-corrected chi connectivity index (χ0v) is 19.8. The van der Waals surface area contributed by atoms with Crippen LogP contribution >= 0.6 is 0 Å². The van der Waals surface area contributed by atoms with E-state index in [-0.39, 0.29) is 5.91 Å². The molecule has 7 heteroatoms. The van der Waals surface area contributed by atoms with Gasteiger partial charge in [-0.15, -0.1) is 0 Å². The standard InChI is InChI=1S/C27H32N6O/c1-19-8-9-20-18-25(28-24(20)17-19)27(34)33-11-4-5-21(33)10-12-31-13-15-32(16-14-31)26-22-6-2-3-7-23(22)29-30-26/h2-3,6-9,17-18,21,28H,4-5,10-16H2,1H3,(H,29,30). The number of aromatic amines is 2. The van der Waals surface area contributed by atoms with E-state index in [2.05, 4.69) is 73.2 Å². The number of H-pyrrole nitrogens is 2. The first-order valence-corrected chi connectivity index (χ1v) is 12.5. The van der Waals surface area contributed by atoms with E-state index < -0.39 is 0 Å². The maximum Gasteiger partial charge on any atom is 0.270 e. The van der Waals surface area contributed by atoms with Crippen LogP contribution in [0.2, 0.25) is 0 Å². The Morgan fingerprint density at radius 1 is 1.03 bits per heavy atom. The fraction of sp³-hybridized carbons (Fsp3) is 0.407. The Morgan fingerprint density at radius 3 is 2.76 bits per heavy atom. The highest BCUT2D eigenvalue weighted by atomic mass is 16.2. The van der Waals surface area contributed by atoms with Gasteiger partial charge in [-0.3, -0.25) is 14.8 Å². The van der Waals surface area contributed by atoms with Crippen molar-refractivity contribution < 1.29 is 4.79 Å². The topological polar surface area (TPSA) is 71.3 Å². The summed E-state index contributed by atoms with van der Waals surface area (Å²) in [5.74, 6) is 1.21. The summed E-state index contributed by atoms with van der Waals surface area (Å²) in [6, 6.07) is 17.0. The lowest BCUT2D eigenvalue weighted by Gasteiger charge is -2.36. The summed E-state index contributed by atoms with van der Waals surface area (Å²) in [6.45, 7) is 8.00. The van der Waals surface area contributed by atoms with E-state index in [0.717, 1.165) is 80.8 Å². The third-order valence-electron chi connectivity index (χ3n) is 7.55. The van der Waals surface area contributed by atoms with Crippen LogP contribution in [0.4, 0.5) is 5.82 Å². The summed E-state index contributed by atoms with van der Waals surface area (Å²) < 4.78 is 0. The molecule has 0 bridgehead atoms. The maximum absolute atomic E-state index is 13.3. The van der Waals surface area contributed by atoms with Crippen molar-refractivity contribution in [2.45, 2.75) is 32.2 Å². The molecule has 2 N–H and O–H groups in total. The normalized spacial score (nSPS) is 19.5. The minimum atomic E-state index is 0.145. The van der Waals surface area contributed by atoms with E-state index in [4.69, 9.17) is 0 Å². The molecule has 34 heavy (non-hydrogen) atoms. The van der Waals surface area contributed by atoms with Crippen molar-refractivity contribution in [2.75, 3.05) is 44.2 Å². The van der Waals surface area contributed by atoms with Crippen LogP contribution in [0.3, 0.4) is 0 Å². The highest BCUT2D eigenvalue weighted by Crippen LogP contribution is 2.27. The highest BCUT2D eigenvalue weighted by Gasteiger charge is 2.31. The fourth-order valence-corrected chi connectivity index (χ4v) is 5.62. The van der Waals surface area contributed by atoms with Crippen LogP contribution in [-0.4, -0.2) is 76.2 Å². The quantitative estimate of drug-likeness (QED) is 0.473. The van der Waals surface area contributed by atoms with Crippen LogP contribution in [-0.2, 0) is 0 Å². The molecule has 6 rings (SSSR count). The van der Waals surface area contributed by atoms with Crippen LogP contribution in [0.5, 0.6) is 0 Å². The number of nitrogens with zero attached hydrogens (tertiary/aromatic N) is 4. The summed E-state index contributed by atoms with van der Waals surface area (Å²) in [7, 11) is 0. The number of carbonyl (C=O) groups excluding carboxylic acids is 1. The molecule has 2 fully saturated rings. The first-order valence-electron chi connectivity index (χ1n) is 12.5. The molecule has 2 aromatic heterocycles. The molecule has 0 saturated carbocycles. The summed E-state index contributed by atoms with van der Waals surface area (Å²) in [5, 5.41) is 10.0. The van der Waals surface area contributed by atoms with E-state index >= 15 is 0 Å². The Balaban J connectivity index is 1.05. The van der Waals surface area contributed by atoms with Crippen molar-refractivity contribution in [3.05, 3.63) is 59.8 Å². The second-order valence-corrected chi connectivity index (χ2v) is 9.78. The molecule has 0 radical (unpaired) electrons. The Kier molecular flexibility index (Phi) is 5.49. The molecule has 176 valence electrons. The first-order chi connectivity index (χ1) is 16.7. The van der Waals surface area contributed by atoms with E-state index in [9.17, 15) is 4.79 Å². The summed E-state index contributed by atoms with van der Waals surface area (Å²) >= 11 is 0. The Morgan fingerprint density at radius 2 is 1.88 bits per heavy atom. The average molecular weight is 457 g/mol. The zero-order chi connectivity index (χ0) is 23.1. The Bertz CT molecular complexity index is 1320. The van der Waals surface area contributed by atoms with Gasteiger partial charge in [0.05, 0.1) is 5.52 Å². The van der Waals surface area contributed by atoms with Gasteiger partial charge in [-0.2, -0.15) is 5.10 Å². The van der Waals surface area contributed by atoms with Gasteiger partial charge in [-0.05, 0) is 56.0 Å². The number of nitrogens with one attached hydrogen (secondary N) is 2. The van der Waals surface area contributed by atoms with Gasteiger partial charge in [0.1, 0.15) is 5.69 Å². The molecule has 1 unspecified atom stereocenters. The largest absolute Gasteiger partial charge is 0.352 e. The number of piperazine rings is 1. The lowest BCUT2D eigenvalue weighted by atomic mass is 10.1. The number of hydrogen-bond donors (Lipinski definition) is 2. The number of aromatic nitrogens is 3. The minimum Gasteiger partial charge on any atom is -0.352 e. The summed E-state index contributed by atoms with van der Waals surface area (Å²) in [6.07, 6.45) is 3.23. The van der Waals surface area contributed by atoms with Gasteiger partial charge in [0.25, 0.3) is 5.91 Å². The molecule has 7 nitrogen and oxygen atoms in total. The fourth-order valence-electron chi connectivity index (χ4n) is 5.62. The minimum absolute atomic E-state index is 0.145. The van der Waals surface area contributed by atoms with Gasteiger partial charge < -0.3 is 14.8 Å². The second-order valence-electron chi connectivity index (χ2n) is 9.78. The van der Waals surface area contributed by atoms with E-state index in [1.807, 2.05) is 12.1 Å². The number of fused-ring (bicyclic) bond motifs is 2. The van der Waals surface area contributed by atoms with E-state index in [0.29, 0.717) is 11.7 Å². The number of likely N-dealkylation sites (tertiary alicyclic amines) is 1. The molecule has 1 atom stereocenters. The van der Waals surface area contributed by atoms with Crippen molar-refractivity contribution in [1.82, 2.24) is 25.0 Å². The molecule has 0 spiro atoms. The van der Waals surface area contributed by atoms with Crippen LogP contribution in [0.1, 0.15) is 35.3 Å². The predicted molar refractivity (Wildman–Crippen MR) is 136 cm³/mol. The third kappa shape index (κ3) is 3.94. The van der Waals surface area contributed by atoms with Gasteiger partial charge >= 0.3 is 0 Å². The first kappa shape index (κ1) is 21.2. The van der Waals surface area contributed by atoms with Crippen molar-refractivity contribution in [3.63, 3.8) is 0 Å². The van der Waals surface area contributed by atoms with Crippen LogP contribution in [0.15, 0.2) is 48.5 Å². The molecule has 0 aliphatic carbocycles. The average Bonchev–Trinajstić information content (AvgIpc) is 3.60. The number of carbonyl (C=O) groups is 1. The molecule has 4 aromatic rings. The summed E-state index contributed by atoms with van der Waals surface area (Å²) in [4.78, 5) is 23.7. The molecular weight excluding hydrogens is 424 g/mol.